The molecule has 5 rings (SSSR count). The quantitative estimate of drug-likeness (QED) is 0.455. The molecule has 0 spiro atoms. The van der Waals surface area contributed by atoms with Gasteiger partial charge >= 0.3 is 0 Å². The van der Waals surface area contributed by atoms with Gasteiger partial charge in [0.25, 0.3) is 0 Å². The van der Waals surface area contributed by atoms with Crippen LogP contribution in [0.2, 0.25) is 0 Å². The van der Waals surface area contributed by atoms with Gasteiger partial charge in [0, 0.05) is 25.2 Å². The molecule has 0 N–H and O–H groups in total. The van der Waals surface area contributed by atoms with Crippen molar-refractivity contribution in [2.45, 2.75) is 19.4 Å². The second-order valence-electron chi connectivity index (χ2n) is 7.95. The molecule has 1 aliphatic rings. The molecule has 1 aromatic carbocycles. The molecule has 166 valence electrons. The van der Waals surface area contributed by atoms with E-state index >= 15 is 0 Å². The van der Waals surface area contributed by atoms with Crippen molar-refractivity contribution in [2.75, 3.05) is 22.9 Å². The van der Waals surface area contributed by atoms with Gasteiger partial charge in [-0.1, -0.05) is 36.4 Å². The number of anilines is 2. The van der Waals surface area contributed by atoms with Crippen molar-refractivity contribution in [1.29, 1.82) is 0 Å². The summed E-state index contributed by atoms with van der Waals surface area (Å²) >= 11 is 0. The number of aromatic nitrogens is 6. The molecule has 0 atom stereocenters. The summed E-state index contributed by atoms with van der Waals surface area (Å²) in [7, 11) is 0. The van der Waals surface area contributed by atoms with Crippen LogP contribution in [0.4, 0.5) is 11.6 Å². The lowest BCUT2D eigenvalue weighted by Gasteiger charge is -2.34. The molecule has 9 heteroatoms. The highest BCUT2D eigenvalue weighted by Crippen LogP contribution is 2.26. The Morgan fingerprint density at radius 3 is 2.36 bits per heavy atom. The molecule has 1 saturated heterocycles. The van der Waals surface area contributed by atoms with Crippen LogP contribution in [0.3, 0.4) is 0 Å². The number of hydrogen-bond donors (Lipinski definition) is 0. The van der Waals surface area contributed by atoms with Gasteiger partial charge in [-0.05, 0) is 42.7 Å². The Morgan fingerprint density at radius 2 is 1.70 bits per heavy atom. The first-order chi connectivity index (χ1) is 16.3. The standard InChI is InChI=1S/C24H24N8O/c33-24(31(21-8-4-5-13-26-21)16-19-6-2-1-3-7-19)20-11-14-30(15-12-20)22-9-10-23(29-28-22)32-18-25-17-27-32/h1-10,13,17-18,20H,11-12,14-16H2. The van der Waals surface area contributed by atoms with Crippen LogP contribution in [0.1, 0.15) is 18.4 Å². The summed E-state index contributed by atoms with van der Waals surface area (Å²) in [5, 5.41) is 12.7. The topological polar surface area (TPSA) is 92.9 Å². The highest BCUT2D eigenvalue weighted by molar-refractivity contribution is 5.94. The zero-order valence-corrected chi connectivity index (χ0v) is 18.1. The van der Waals surface area contributed by atoms with E-state index in [0.717, 1.165) is 37.3 Å². The van der Waals surface area contributed by atoms with Gasteiger partial charge in [-0.3, -0.25) is 9.69 Å². The number of hydrogen-bond acceptors (Lipinski definition) is 7. The molecule has 0 bridgehead atoms. The maximum absolute atomic E-state index is 13.5. The van der Waals surface area contributed by atoms with Gasteiger partial charge in [0.2, 0.25) is 5.91 Å². The summed E-state index contributed by atoms with van der Waals surface area (Å²) in [6, 6.07) is 19.5. The number of carbonyl (C=O) groups is 1. The Hall–Kier alpha value is -4.14. The largest absolute Gasteiger partial charge is 0.355 e. The lowest BCUT2D eigenvalue weighted by Crippen LogP contribution is -2.43. The maximum Gasteiger partial charge on any atom is 0.231 e. The number of piperidine rings is 1. The van der Waals surface area contributed by atoms with Crippen LogP contribution in [0.5, 0.6) is 0 Å². The molecule has 0 saturated carbocycles. The molecule has 0 radical (unpaired) electrons. The second-order valence-corrected chi connectivity index (χ2v) is 7.95. The third-order valence-corrected chi connectivity index (χ3v) is 5.83. The predicted octanol–water partition coefficient (Wildman–Crippen LogP) is 2.90. The Balaban J connectivity index is 1.26. The van der Waals surface area contributed by atoms with Gasteiger partial charge in [0.05, 0.1) is 6.54 Å². The minimum Gasteiger partial charge on any atom is -0.355 e. The fraction of sp³-hybridized carbons (Fsp3) is 0.250. The lowest BCUT2D eigenvalue weighted by molar-refractivity contribution is -0.123. The smallest absolute Gasteiger partial charge is 0.231 e. The van der Waals surface area contributed by atoms with Crippen molar-refractivity contribution in [1.82, 2.24) is 29.9 Å². The Morgan fingerprint density at radius 1 is 0.939 bits per heavy atom. The molecule has 3 aromatic heterocycles. The van der Waals surface area contributed by atoms with Gasteiger partial charge in [-0.25, -0.2) is 14.6 Å². The normalized spacial score (nSPS) is 14.2. The number of carbonyl (C=O) groups excluding carboxylic acids is 1. The van der Waals surface area contributed by atoms with E-state index in [4.69, 9.17) is 0 Å². The van der Waals surface area contributed by atoms with E-state index in [0.29, 0.717) is 18.2 Å². The van der Waals surface area contributed by atoms with Gasteiger partial charge in [-0.15, -0.1) is 10.2 Å². The van der Waals surface area contributed by atoms with Crippen molar-refractivity contribution in [3.63, 3.8) is 0 Å². The molecule has 0 aliphatic carbocycles. The Labute approximate surface area is 191 Å². The van der Waals surface area contributed by atoms with E-state index < -0.39 is 0 Å². The van der Waals surface area contributed by atoms with Crippen LogP contribution < -0.4 is 9.80 Å². The molecular formula is C24H24N8O. The van der Waals surface area contributed by atoms with Crippen LogP contribution >= 0.6 is 0 Å². The van der Waals surface area contributed by atoms with Crippen LogP contribution in [0.15, 0.2) is 79.5 Å². The third-order valence-electron chi connectivity index (χ3n) is 5.83. The first kappa shape index (κ1) is 20.7. The van der Waals surface area contributed by atoms with Crippen molar-refractivity contribution in [2.24, 2.45) is 5.92 Å². The fourth-order valence-corrected chi connectivity index (χ4v) is 4.06. The lowest BCUT2D eigenvalue weighted by atomic mass is 9.95. The van der Waals surface area contributed by atoms with E-state index in [-0.39, 0.29) is 11.8 Å². The Kier molecular flexibility index (Phi) is 6.01. The number of benzene rings is 1. The van der Waals surface area contributed by atoms with E-state index in [9.17, 15) is 4.79 Å². The van der Waals surface area contributed by atoms with E-state index in [1.165, 1.54) is 6.33 Å². The van der Waals surface area contributed by atoms with Gasteiger partial charge in [0.15, 0.2) is 11.6 Å². The average molecular weight is 441 g/mol. The van der Waals surface area contributed by atoms with Crippen LogP contribution in [0, 0.1) is 5.92 Å². The van der Waals surface area contributed by atoms with Gasteiger partial charge < -0.3 is 4.90 Å². The fourth-order valence-electron chi connectivity index (χ4n) is 4.06. The SMILES string of the molecule is O=C(C1CCN(c2ccc(-n3cncn3)nn2)CC1)N(Cc1ccccc1)c1ccccn1. The summed E-state index contributed by atoms with van der Waals surface area (Å²) in [5.74, 6) is 2.16. The van der Waals surface area contributed by atoms with Crippen LogP contribution in [-0.4, -0.2) is 48.9 Å². The summed E-state index contributed by atoms with van der Waals surface area (Å²) in [4.78, 5) is 25.9. The van der Waals surface area contributed by atoms with Crippen molar-refractivity contribution < 1.29 is 4.79 Å². The average Bonchev–Trinajstić information content (AvgIpc) is 3.43. The predicted molar refractivity (Wildman–Crippen MR) is 124 cm³/mol. The summed E-state index contributed by atoms with van der Waals surface area (Å²) in [6.45, 7) is 2.00. The number of nitrogens with zero attached hydrogens (tertiary/aromatic N) is 8. The van der Waals surface area contributed by atoms with E-state index in [1.807, 2.05) is 65.6 Å². The summed E-state index contributed by atoms with van der Waals surface area (Å²) < 4.78 is 1.57. The summed E-state index contributed by atoms with van der Waals surface area (Å²) in [6.07, 6.45) is 6.28. The molecule has 4 heterocycles. The number of rotatable bonds is 6. The summed E-state index contributed by atoms with van der Waals surface area (Å²) in [5.41, 5.74) is 1.08. The van der Waals surface area contributed by atoms with Crippen molar-refractivity contribution in [3.8, 4) is 5.82 Å². The second kappa shape index (κ2) is 9.56. The van der Waals surface area contributed by atoms with Crippen LogP contribution in [0.25, 0.3) is 5.82 Å². The molecule has 0 unspecified atom stereocenters. The van der Waals surface area contributed by atoms with Crippen LogP contribution in [-0.2, 0) is 11.3 Å². The zero-order valence-electron chi connectivity index (χ0n) is 18.1. The first-order valence-corrected chi connectivity index (χ1v) is 11.0. The van der Waals surface area contributed by atoms with E-state index in [1.54, 1.807) is 17.2 Å². The molecule has 1 aliphatic heterocycles. The first-order valence-electron chi connectivity index (χ1n) is 11.0. The van der Waals surface area contributed by atoms with Crippen molar-refractivity contribution in [3.05, 3.63) is 85.1 Å². The van der Waals surface area contributed by atoms with E-state index in [2.05, 4.69) is 30.2 Å². The number of pyridine rings is 1. The Bertz CT molecular complexity index is 1160. The molecule has 1 fully saturated rings. The molecule has 4 aromatic rings. The van der Waals surface area contributed by atoms with Gasteiger partial charge in [-0.2, -0.15) is 5.10 Å². The minimum absolute atomic E-state index is 0.0608. The molecular weight excluding hydrogens is 416 g/mol. The minimum atomic E-state index is -0.0608. The third kappa shape index (κ3) is 4.72. The zero-order chi connectivity index (χ0) is 22.5. The highest BCUT2D eigenvalue weighted by Gasteiger charge is 2.30. The maximum atomic E-state index is 13.5. The monoisotopic (exact) mass is 440 g/mol. The number of amides is 1. The molecule has 1 amide bonds. The van der Waals surface area contributed by atoms with Crippen molar-refractivity contribution >= 4 is 17.5 Å². The highest BCUT2D eigenvalue weighted by atomic mass is 16.2. The molecule has 33 heavy (non-hydrogen) atoms. The van der Waals surface area contributed by atoms with Gasteiger partial charge in [0.1, 0.15) is 18.5 Å². The molecule has 9 nitrogen and oxygen atoms in total.